The smallest absolute Gasteiger partial charge is 0.255 e. The number of hydrogen-bond donors (Lipinski definition) is 1. The first-order valence-corrected chi connectivity index (χ1v) is 9.97. The minimum absolute atomic E-state index is 0.0592. The van der Waals surface area contributed by atoms with E-state index in [9.17, 15) is 4.79 Å². The zero-order chi connectivity index (χ0) is 18.0. The second kappa shape index (κ2) is 7.32. The van der Waals surface area contributed by atoms with Gasteiger partial charge in [0.1, 0.15) is 7.85 Å². The fourth-order valence-electron chi connectivity index (χ4n) is 4.31. The largest absolute Gasteiger partial charge is 0.370 e. The molecule has 5 heteroatoms. The Morgan fingerprint density at radius 2 is 1.73 bits per heavy atom. The molecule has 136 valence electrons. The third-order valence-electron chi connectivity index (χ3n) is 6.01. The van der Waals surface area contributed by atoms with E-state index in [0.29, 0.717) is 5.41 Å². The van der Waals surface area contributed by atoms with Crippen LogP contribution in [-0.4, -0.2) is 38.6 Å². The van der Waals surface area contributed by atoms with Crippen LogP contribution in [0.2, 0.25) is 6.32 Å². The van der Waals surface area contributed by atoms with Gasteiger partial charge in [-0.15, -0.1) is 0 Å². The maximum atomic E-state index is 12.4. The standard InChI is InChI=1S/C21H28BN3O/c22-10-1-2-17-7-13-25(20(26)14-17)19-5-3-18(4-6-19)24-15-21(16-24)8-11-23-12-9-21/h3-7,13-14,23H,1-2,8-12,15-16,22H2. The maximum Gasteiger partial charge on any atom is 0.255 e. The highest BCUT2D eigenvalue weighted by Gasteiger charge is 2.43. The quantitative estimate of drug-likeness (QED) is 0.840. The molecule has 0 unspecified atom stereocenters. The van der Waals surface area contributed by atoms with Gasteiger partial charge in [-0.05, 0) is 68.2 Å². The molecule has 2 saturated heterocycles. The molecule has 1 aromatic heterocycles. The van der Waals surface area contributed by atoms with E-state index in [1.54, 1.807) is 10.6 Å². The molecular formula is C21H28BN3O. The summed E-state index contributed by atoms with van der Waals surface area (Å²) in [7, 11) is 2.17. The summed E-state index contributed by atoms with van der Waals surface area (Å²) >= 11 is 0. The van der Waals surface area contributed by atoms with Gasteiger partial charge in [-0.1, -0.05) is 12.7 Å². The van der Waals surface area contributed by atoms with Crippen LogP contribution in [0.25, 0.3) is 5.69 Å². The number of nitrogens with one attached hydrogen (secondary N) is 1. The van der Waals surface area contributed by atoms with Gasteiger partial charge < -0.3 is 10.2 Å². The van der Waals surface area contributed by atoms with E-state index in [1.807, 2.05) is 6.20 Å². The normalized spacial score (nSPS) is 18.7. The zero-order valence-corrected chi connectivity index (χ0v) is 15.7. The average molecular weight is 349 g/mol. The molecule has 0 aliphatic carbocycles. The van der Waals surface area contributed by atoms with Crippen LogP contribution < -0.4 is 15.8 Å². The number of benzene rings is 1. The first kappa shape index (κ1) is 17.4. The summed E-state index contributed by atoms with van der Waals surface area (Å²) in [6.07, 6.45) is 7.76. The van der Waals surface area contributed by atoms with Crippen LogP contribution in [0.4, 0.5) is 5.69 Å². The molecular weight excluding hydrogens is 321 g/mol. The molecule has 26 heavy (non-hydrogen) atoms. The van der Waals surface area contributed by atoms with E-state index in [1.165, 1.54) is 31.6 Å². The van der Waals surface area contributed by atoms with Gasteiger partial charge in [-0.25, -0.2) is 0 Å². The van der Waals surface area contributed by atoms with Gasteiger partial charge in [0.15, 0.2) is 0 Å². The molecule has 3 heterocycles. The van der Waals surface area contributed by atoms with E-state index in [4.69, 9.17) is 0 Å². The summed E-state index contributed by atoms with van der Waals surface area (Å²) in [6.45, 7) is 4.65. The first-order chi connectivity index (χ1) is 12.7. The van der Waals surface area contributed by atoms with Gasteiger partial charge in [-0.2, -0.15) is 0 Å². The second-order valence-electron chi connectivity index (χ2n) is 7.97. The third-order valence-corrected chi connectivity index (χ3v) is 6.01. The lowest BCUT2D eigenvalue weighted by Crippen LogP contribution is -2.60. The number of nitrogens with zero attached hydrogens (tertiary/aromatic N) is 2. The van der Waals surface area contributed by atoms with Gasteiger partial charge in [0.05, 0.1) is 0 Å². The highest BCUT2D eigenvalue weighted by atomic mass is 16.1. The molecule has 0 atom stereocenters. The number of piperidine rings is 1. The molecule has 1 N–H and O–H groups in total. The molecule has 2 aromatic rings. The van der Waals surface area contributed by atoms with Crippen molar-refractivity contribution in [3.8, 4) is 5.69 Å². The number of hydrogen-bond acceptors (Lipinski definition) is 3. The Morgan fingerprint density at radius 1 is 1.04 bits per heavy atom. The molecule has 0 bridgehead atoms. The van der Waals surface area contributed by atoms with E-state index in [-0.39, 0.29) is 5.56 Å². The van der Waals surface area contributed by atoms with Gasteiger partial charge in [-0.3, -0.25) is 9.36 Å². The lowest BCUT2D eigenvalue weighted by atomic mass is 9.72. The number of aromatic nitrogens is 1. The first-order valence-electron chi connectivity index (χ1n) is 9.97. The van der Waals surface area contributed by atoms with Crippen molar-refractivity contribution >= 4 is 13.5 Å². The van der Waals surface area contributed by atoms with E-state index >= 15 is 0 Å². The monoisotopic (exact) mass is 349 g/mol. The molecule has 1 spiro atoms. The Morgan fingerprint density at radius 3 is 2.38 bits per heavy atom. The van der Waals surface area contributed by atoms with Crippen LogP contribution >= 0.6 is 0 Å². The molecule has 0 saturated carbocycles. The van der Waals surface area contributed by atoms with Crippen LogP contribution in [-0.2, 0) is 6.42 Å². The molecule has 0 amide bonds. The maximum absolute atomic E-state index is 12.4. The number of pyridine rings is 1. The molecule has 2 aliphatic heterocycles. The average Bonchev–Trinajstić information content (AvgIpc) is 2.65. The minimum atomic E-state index is 0.0592. The molecule has 4 rings (SSSR count). The Labute approximate surface area is 156 Å². The van der Waals surface area contributed by atoms with Crippen molar-refractivity contribution in [3.63, 3.8) is 0 Å². The van der Waals surface area contributed by atoms with Crippen molar-refractivity contribution < 1.29 is 0 Å². The Kier molecular flexibility index (Phi) is 4.90. The molecule has 2 fully saturated rings. The van der Waals surface area contributed by atoms with Gasteiger partial charge >= 0.3 is 0 Å². The SMILES string of the molecule is BCCCc1ccn(-c2ccc(N3CC4(CCNCC4)C3)cc2)c(=O)c1. The summed E-state index contributed by atoms with van der Waals surface area (Å²) in [5.74, 6) is 0. The van der Waals surface area contributed by atoms with Gasteiger partial charge in [0, 0.05) is 42.1 Å². The number of anilines is 1. The van der Waals surface area contributed by atoms with Crippen LogP contribution in [0.3, 0.4) is 0 Å². The Hall–Kier alpha value is -2.01. The predicted octanol–water partition coefficient (Wildman–Crippen LogP) is 2.01. The van der Waals surface area contributed by atoms with Crippen molar-refractivity contribution in [1.29, 1.82) is 0 Å². The summed E-state index contributed by atoms with van der Waals surface area (Å²) < 4.78 is 1.74. The predicted molar refractivity (Wildman–Crippen MR) is 110 cm³/mol. The Balaban J connectivity index is 1.44. The van der Waals surface area contributed by atoms with Crippen molar-refractivity contribution in [1.82, 2.24) is 9.88 Å². The summed E-state index contributed by atoms with van der Waals surface area (Å²) in [5, 5.41) is 3.46. The zero-order valence-electron chi connectivity index (χ0n) is 15.7. The summed E-state index contributed by atoms with van der Waals surface area (Å²) in [4.78, 5) is 14.9. The second-order valence-corrected chi connectivity index (χ2v) is 7.97. The minimum Gasteiger partial charge on any atom is -0.370 e. The summed E-state index contributed by atoms with van der Waals surface area (Å²) in [6, 6.07) is 12.3. The number of rotatable bonds is 5. The Bertz CT molecular complexity index is 801. The van der Waals surface area contributed by atoms with E-state index in [0.717, 1.165) is 43.5 Å². The van der Waals surface area contributed by atoms with Crippen LogP contribution in [0.5, 0.6) is 0 Å². The van der Waals surface area contributed by atoms with E-state index < -0.39 is 0 Å². The molecule has 0 radical (unpaired) electrons. The van der Waals surface area contributed by atoms with Crippen LogP contribution in [0.1, 0.15) is 24.8 Å². The fourth-order valence-corrected chi connectivity index (χ4v) is 4.31. The van der Waals surface area contributed by atoms with Gasteiger partial charge in [0.25, 0.3) is 5.56 Å². The van der Waals surface area contributed by atoms with Crippen molar-refractivity contribution in [2.45, 2.75) is 32.0 Å². The lowest BCUT2D eigenvalue weighted by molar-refractivity contribution is 0.150. The van der Waals surface area contributed by atoms with Crippen molar-refractivity contribution in [3.05, 3.63) is 58.5 Å². The molecule has 4 nitrogen and oxygen atoms in total. The van der Waals surface area contributed by atoms with Crippen LogP contribution in [0, 0.1) is 5.41 Å². The van der Waals surface area contributed by atoms with Gasteiger partial charge in [0.2, 0.25) is 0 Å². The van der Waals surface area contributed by atoms with Crippen LogP contribution in [0.15, 0.2) is 47.4 Å². The fraction of sp³-hybridized carbons (Fsp3) is 0.476. The molecule has 1 aromatic carbocycles. The summed E-state index contributed by atoms with van der Waals surface area (Å²) in [5.41, 5.74) is 3.94. The highest BCUT2D eigenvalue weighted by molar-refractivity contribution is 6.08. The third kappa shape index (κ3) is 3.45. The van der Waals surface area contributed by atoms with Crippen molar-refractivity contribution in [2.75, 3.05) is 31.1 Å². The number of aryl methyl sites for hydroxylation is 1. The molecule has 2 aliphatic rings. The van der Waals surface area contributed by atoms with Crippen molar-refractivity contribution in [2.24, 2.45) is 5.41 Å². The topological polar surface area (TPSA) is 37.3 Å². The van der Waals surface area contributed by atoms with E-state index in [2.05, 4.69) is 48.4 Å². The highest BCUT2D eigenvalue weighted by Crippen LogP contribution is 2.41. The lowest BCUT2D eigenvalue weighted by Gasteiger charge is -2.53.